The zero-order chi connectivity index (χ0) is 19.0. The highest BCUT2D eigenvalue weighted by atomic mass is 19.4. The quantitative estimate of drug-likeness (QED) is 0.709. The van der Waals surface area contributed by atoms with Crippen molar-refractivity contribution in [2.75, 3.05) is 32.5 Å². The van der Waals surface area contributed by atoms with Crippen molar-refractivity contribution in [1.82, 2.24) is 15.5 Å². The van der Waals surface area contributed by atoms with Gasteiger partial charge < -0.3 is 15.5 Å². The highest BCUT2D eigenvalue weighted by molar-refractivity contribution is 5.96. The third-order valence-corrected chi connectivity index (χ3v) is 3.00. The molecule has 10 heteroatoms. The summed E-state index contributed by atoms with van der Waals surface area (Å²) in [5.74, 6) is -0.946. The molecule has 0 heterocycles. The number of carbonyl (C=O) groups is 3. The number of imide groups is 1. The third kappa shape index (κ3) is 8.04. The van der Waals surface area contributed by atoms with Crippen molar-refractivity contribution in [1.29, 1.82) is 0 Å². The maximum atomic E-state index is 12.0. The van der Waals surface area contributed by atoms with Gasteiger partial charge in [0.15, 0.2) is 0 Å². The van der Waals surface area contributed by atoms with Gasteiger partial charge in [-0.15, -0.1) is 0 Å². The molecule has 0 radical (unpaired) electrons. The summed E-state index contributed by atoms with van der Waals surface area (Å²) in [5.41, 5.74) is 1.17. The minimum absolute atomic E-state index is 0.115. The SMILES string of the molecule is CN(C)C(=O)Cc1ccccc1NCC(=O)NC(=O)NCC(F)(F)F. The largest absolute Gasteiger partial charge is 0.405 e. The summed E-state index contributed by atoms with van der Waals surface area (Å²) >= 11 is 0. The van der Waals surface area contributed by atoms with E-state index in [9.17, 15) is 27.6 Å². The molecule has 1 aromatic rings. The Morgan fingerprint density at radius 1 is 1.12 bits per heavy atom. The molecule has 0 bridgehead atoms. The molecular formula is C15H19F3N4O3. The van der Waals surface area contributed by atoms with Crippen molar-refractivity contribution in [3.63, 3.8) is 0 Å². The lowest BCUT2D eigenvalue weighted by Gasteiger charge is -2.14. The maximum Gasteiger partial charge on any atom is 0.405 e. The first-order chi connectivity index (χ1) is 11.6. The van der Waals surface area contributed by atoms with Crippen molar-refractivity contribution < 1.29 is 27.6 Å². The van der Waals surface area contributed by atoms with Gasteiger partial charge in [0.25, 0.3) is 0 Å². The summed E-state index contributed by atoms with van der Waals surface area (Å²) in [4.78, 5) is 36.0. The number of para-hydroxylation sites is 1. The average molecular weight is 360 g/mol. The van der Waals surface area contributed by atoms with Gasteiger partial charge in [-0.2, -0.15) is 13.2 Å². The molecule has 0 aliphatic rings. The number of hydrogen-bond donors (Lipinski definition) is 3. The Balaban J connectivity index is 2.53. The van der Waals surface area contributed by atoms with E-state index in [1.54, 1.807) is 43.7 Å². The van der Waals surface area contributed by atoms with Gasteiger partial charge in [0, 0.05) is 19.8 Å². The first kappa shape index (κ1) is 20.3. The number of nitrogens with one attached hydrogen (secondary N) is 3. The van der Waals surface area contributed by atoms with Crippen molar-refractivity contribution in [3.8, 4) is 0 Å². The molecule has 0 atom stereocenters. The molecule has 1 rings (SSSR count). The van der Waals surface area contributed by atoms with Crippen LogP contribution in [0.2, 0.25) is 0 Å². The summed E-state index contributed by atoms with van der Waals surface area (Å²) in [7, 11) is 3.23. The molecule has 25 heavy (non-hydrogen) atoms. The standard InChI is InChI=1S/C15H19F3N4O3/c1-22(2)13(24)7-10-5-3-4-6-11(10)19-8-12(23)21-14(25)20-9-15(16,17)18/h3-6,19H,7-9H2,1-2H3,(H2,20,21,23,25). The fraction of sp³-hybridized carbons (Fsp3) is 0.400. The Hall–Kier alpha value is -2.78. The molecule has 0 unspecified atom stereocenters. The first-order valence-electron chi connectivity index (χ1n) is 7.25. The van der Waals surface area contributed by atoms with E-state index >= 15 is 0 Å². The number of alkyl halides is 3. The van der Waals surface area contributed by atoms with E-state index in [4.69, 9.17) is 0 Å². The molecule has 0 aromatic heterocycles. The van der Waals surface area contributed by atoms with E-state index in [1.807, 2.05) is 0 Å². The van der Waals surface area contributed by atoms with Gasteiger partial charge in [0.1, 0.15) is 6.54 Å². The van der Waals surface area contributed by atoms with Gasteiger partial charge in [0.2, 0.25) is 11.8 Å². The minimum atomic E-state index is -4.56. The molecule has 0 spiro atoms. The molecule has 4 amide bonds. The van der Waals surface area contributed by atoms with Crippen LogP contribution >= 0.6 is 0 Å². The van der Waals surface area contributed by atoms with Gasteiger partial charge in [-0.25, -0.2) is 4.79 Å². The number of anilines is 1. The van der Waals surface area contributed by atoms with Crippen LogP contribution in [0.4, 0.5) is 23.7 Å². The molecule has 7 nitrogen and oxygen atoms in total. The van der Waals surface area contributed by atoms with Crippen LogP contribution in [0.15, 0.2) is 24.3 Å². The lowest BCUT2D eigenvalue weighted by Crippen LogP contribution is -2.45. The topological polar surface area (TPSA) is 90.5 Å². The molecule has 0 fully saturated rings. The van der Waals surface area contributed by atoms with Crippen LogP contribution in [0, 0.1) is 0 Å². The van der Waals surface area contributed by atoms with Crippen molar-refractivity contribution in [2.45, 2.75) is 12.6 Å². The summed E-state index contributed by atoms with van der Waals surface area (Å²) in [6.45, 7) is -1.87. The summed E-state index contributed by atoms with van der Waals surface area (Å²) in [6, 6.07) is 5.54. The zero-order valence-corrected chi connectivity index (χ0v) is 13.7. The minimum Gasteiger partial charge on any atom is -0.376 e. The van der Waals surface area contributed by atoms with E-state index in [0.29, 0.717) is 11.3 Å². The highest BCUT2D eigenvalue weighted by Gasteiger charge is 2.27. The highest BCUT2D eigenvalue weighted by Crippen LogP contribution is 2.16. The first-order valence-corrected chi connectivity index (χ1v) is 7.25. The predicted octanol–water partition coefficient (Wildman–Crippen LogP) is 1.12. The van der Waals surface area contributed by atoms with Crippen LogP contribution in [0.5, 0.6) is 0 Å². The Morgan fingerprint density at radius 3 is 2.36 bits per heavy atom. The number of halogens is 3. The maximum absolute atomic E-state index is 12.0. The molecule has 0 saturated carbocycles. The van der Waals surface area contributed by atoms with E-state index < -0.39 is 24.7 Å². The second-order valence-corrected chi connectivity index (χ2v) is 5.32. The number of nitrogens with zero attached hydrogens (tertiary/aromatic N) is 1. The fourth-order valence-electron chi connectivity index (χ4n) is 1.74. The molecule has 1 aromatic carbocycles. The van der Waals surface area contributed by atoms with E-state index in [0.717, 1.165) is 0 Å². The molecule has 3 N–H and O–H groups in total. The Labute approximate surface area is 142 Å². The number of urea groups is 1. The average Bonchev–Trinajstić information content (AvgIpc) is 2.51. The van der Waals surface area contributed by atoms with Gasteiger partial charge in [-0.3, -0.25) is 14.9 Å². The van der Waals surface area contributed by atoms with Crippen LogP contribution in [-0.4, -0.2) is 56.1 Å². The van der Waals surface area contributed by atoms with E-state index in [2.05, 4.69) is 5.32 Å². The Morgan fingerprint density at radius 2 is 1.76 bits per heavy atom. The molecule has 0 aliphatic heterocycles. The van der Waals surface area contributed by atoms with Crippen molar-refractivity contribution in [2.24, 2.45) is 0 Å². The van der Waals surface area contributed by atoms with Gasteiger partial charge in [-0.05, 0) is 11.6 Å². The molecule has 0 aliphatic carbocycles. The number of benzene rings is 1. The number of carbonyl (C=O) groups excluding carboxylic acids is 3. The second-order valence-electron chi connectivity index (χ2n) is 5.32. The summed E-state index contributed by atoms with van der Waals surface area (Å²) < 4.78 is 35.9. The monoisotopic (exact) mass is 360 g/mol. The number of likely N-dealkylation sites (N-methyl/N-ethyl adjacent to an activating group) is 1. The van der Waals surface area contributed by atoms with Crippen LogP contribution in [0.1, 0.15) is 5.56 Å². The fourth-order valence-corrected chi connectivity index (χ4v) is 1.74. The Kier molecular flexibility index (Phi) is 7.22. The molecule has 138 valence electrons. The Bertz CT molecular complexity index is 633. The number of hydrogen-bond acceptors (Lipinski definition) is 4. The summed E-state index contributed by atoms with van der Waals surface area (Å²) in [5, 5.41) is 6.05. The lowest BCUT2D eigenvalue weighted by atomic mass is 10.1. The number of amides is 4. The predicted molar refractivity (Wildman–Crippen MR) is 84.9 cm³/mol. The normalized spacial score (nSPS) is 10.8. The summed E-state index contributed by atoms with van der Waals surface area (Å²) in [6.07, 6.45) is -4.44. The van der Waals surface area contributed by atoms with Gasteiger partial charge in [0.05, 0.1) is 13.0 Å². The van der Waals surface area contributed by atoms with Crippen molar-refractivity contribution in [3.05, 3.63) is 29.8 Å². The van der Waals surface area contributed by atoms with Gasteiger partial charge >= 0.3 is 12.2 Å². The van der Waals surface area contributed by atoms with Crippen LogP contribution in [-0.2, 0) is 16.0 Å². The van der Waals surface area contributed by atoms with Crippen molar-refractivity contribution >= 4 is 23.5 Å². The van der Waals surface area contributed by atoms with Gasteiger partial charge in [-0.1, -0.05) is 18.2 Å². The van der Waals surface area contributed by atoms with E-state index in [1.165, 1.54) is 10.2 Å². The number of rotatable bonds is 6. The smallest absolute Gasteiger partial charge is 0.376 e. The molecular weight excluding hydrogens is 341 g/mol. The lowest BCUT2D eigenvalue weighted by molar-refractivity contribution is -0.128. The van der Waals surface area contributed by atoms with Crippen LogP contribution in [0.3, 0.4) is 0 Å². The third-order valence-electron chi connectivity index (χ3n) is 3.00. The second kappa shape index (κ2) is 8.90. The molecule has 0 saturated heterocycles. The van der Waals surface area contributed by atoms with E-state index in [-0.39, 0.29) is 18.9 Å². The van der Waals surface area contributed by atoms with Crippen LogP contribution in [0.25, 0.3) is 0 Å². The zero-order valence-electron chi connectivity index (χ0n) is 13.7. The van der Waals surface area contributed by atoms with Crippen LogP contribution < -0.4 is 16.0 Å².